The van der Waals surface area contributed by atoms with Gasteiger partial charge in [-0.1, -0.05) is 33.1 Å². The molecule has 0 aliphatic rings. The topological polar surface area (TPSA) is 0 Å². The maximum Gasteiger partial charge on any atom is 0.231 e. The fraction of sp³-hybridized carbons (Fsp3) is 1.00. The van der Waals surface area contributed by atoms with Gasteiger partial charge in [0.2, 0.25) is 9.13 Å². The predicted molar refractivity (Wildman–Crippen MR) is 43.1 cm³/mol. The molecule has 0 amide bonds. The van der Waals surface area contributed by atoms with E-state index in [1.807, 2.05) is 0 Å². The maximum atomic E-state index is 12.7. The second-order valence-electron chi connectivity index (χ2n) is 2.53. The summed E-state index contributed by atoms with van der Waals surface area (Å²) in [7, 11) is -1.72. The van der Waals surface area contributed by atoms with Crippen LogP contribution in [0.2, 0.25) is 12.1 Å². The number of hydrogen-bond acceptors (Lipinski definition) is 0. The molecule has 56 valence electrons. The Hall–Kier alpha value is 0.147. The molecule has 0 saturated carbocycles. The van der Waals surface area contributed by atoms with Crippen LogP contribution in [0.3, 0.4) is 0 Å². The second kappa shape index (κ2) is 6.27. The first-order chi connectivity index (χ1) is 4.31. The maximum absolute atomic E-state index is 12.7. The van der Waals surface area contributed by atoms with Crippen molar-refractivity contribution < 1.29 is 4.11 Å². The van der Waals surface area contributed by atoms with Crippen LogP contribution in [-0.2, 0) is 0 Å². The van der Waals surface area contributed by atoms with Crippen LogP contribution in [0.15, 0.2) is 0 Å². The Labute approximate surface area is 59.2 Å². The summed E-state index contributed by atoms with van der Waals surface area (Å²) in [5.74, 6) is 0. The van der Waals surface area contributed by atoms with E-state index in [2.05, 4.69) is 13.8 Å². The minimum atomic E-state index is -1.72. The monoisotopic (exact) mass is 148 g/mol. The zero-order valence-corrected chi connectivity index (χ0v) is 7.65. The molecule has 1 unspecified atom stereocenters. The fourth-order valence-corrected chi connectivity index (χ4v) is 2.65. The van der Waals surface area contributed by atoms with E-state index in [-0.39, 0.29) is 0 Å². The number of halogens is 1. The summed E-state index contributed by atoms with van der Waals surface area (Å²) >= 11 is 0. The van der Waals surface area contributed by atoms with Crippen molar-refractivity contribution in [2.75, 3.05) is 0 Å². The quantitative estimate of drug-likeness (QED) is 0.415. The Morgan fingerprint density at radius 2 is 1.78 bits per heavy atom. The zero-order valence-electron chi connectivity index (χ0n) is 6.49. The van der Waals surface area contributed by atoms with Gasteiger partial charge in [0.25, 0.3) is 0 Å². The Morgan fingerprint density at radius 1 is 1.11 bits per heavy atom. The first-order valence-electron chi connectivity index (χ1n) is 3.95. The van der Waals surface area contributed by atoms with Gasteiger partial charge in [0.15, 0.2) is 0 Å². The summed E-state index contributed by atoms with van der Waals surface area (Å²) in [6.07, 6.45) is 3.29. The molecule has 0 fully saturated rings. The van der Waals surface area contributed by atoms with Crippen LogP contribution in [0.5, 0.6) is 0 Å². The Kier molecular flexibility index (Phi) is 6.37. The third-order valence-corrected chi connectivity index (χ3v) is 3.71. The van der Waals surface area contributed by atoms with Gasteiger partial charge in [-0.3, -0.25) is 0 Å². The van der Waals surface area contributed by atoms with Crippen molar-refractivity contribution in [3.63, 3.8) is 0 Å². The molecular weight excluding hydrogens is 131 g/mol. The highest BCUT2D eigenvalue weighted by atomic mass is 28.3. The molecule has 0 bridgehead atoms. The van der Waals surface area contributed by atoms with E-state index in [0.29, 0.717) is 0 Å². The predicted octanol–water partition coefficient (Wildman–Crippen LogP) is 2.89. The highest BCUT2D eigenvalue weighted by Crippen LogP contribution is 2.07. The van der Waals surface area contributed by atoms with Crippen LogP contribution in [0, 0.1) is 0 Å². The zero-order chi connectivity index (χ0) is 7.11. The highest BCUT2D eigenvalue weighted by Gasteiger charge is 2.05. The van der Waals surface area contributed by atoms with E-state index in [4.69, 9.17) is 0 Å². The van der Waals surface area contributed by atoms with Crippen LogP contribution in [0.25, 0.3) is 0 Å². The molecule has 1 atom stereocenters. The van der Waals surface area contributed by atoms with Crippen LogP contribution in [0.4, 0.5) is 4.11 Å². The van der Waals surface area contributed by atoms with E-state index < -0.39 is 9.13 Å². The highest BCUT2D eigenvalue weighted by molar-refractivity contribution is 6.50. The van der Waals surface area contributed by atoms with E-state index in [1.165, 1.54) is 0 Å². The SMILES string of the molecule is CCCC[SiH](F)CCC. The van der Waals surface area contributed by atoms with E-state index in [1.54, 1.807) is 0 Å². The van der Waals surface area contributed by atoms with Crippen LogP contribution in [0.1, 0.15) is 33.1 Å². The average molecular weight is 148 g/mol. The van der Waals surface area contributed by atoms with E-state index in [9.17, 15) is 4.11 Å². The molecule has 0 radical (unpaired) electrons. The Morgan fingerprint density at radius 3 is 2.22 bits per heavy atom. The van der Waals surface area contributed by atoms with Crippen molar-refractivity contribution in [3.8, 4) is 0 Å². The number of unbranched alkanes of at least 4 members (excludes halogenated alkanes) is 1. The molecule has 0 aliphatic heterocycles. The third kappa shape index (κ3) is 6.03. The molecule has 0 aliphatic carbocycles. The van der Waals surface area contributed by atoms with E-state index in [0.717, 1.165) is 31.4 Å². The minimum Gasteiger partial charge on any atom is -0.318 e. The third-order valence-electron chi connectivity index (χ3n) is 1.47. The lowest BCUT2D eigenvalue weighted by Gasteiger charge is -2.00. The van der Waals surface area contributed by atoms with Crippen LogP contribution in [-0.4, -0.2) is 9.13 Å². The lowest BCUT2D eigenvalue weighted by molar-refractivity contribution is 0.758. The van der Waals surface area contributed by atoms with Gasteiger partial charge >= 0.3 is 0 Å². The van der Waals surface area contributed by atoms with Crippen molar-refractivity contribution in [2.24, 2.45) is 0 Å². The van der Waals surface area contributed by atoms with Crippen molar-refractivity contribution in [1.82, 2.24) is 0 Å². The molecule has 0 spiro atoms. The summed E-state index contributed by atoms with van der Waals surface area (Å²) < 4.78 is 12.7. The van der Waals surface area contributed by atoms with Crippen LogP contribution < -0.4 is 0 Å². The summed E-state index contributed by atoms with van der Waals surface area (Å²) in [5, 5.41) is 0. The van der Waals surface area contributed by atoms with Gasteiger partial charge < -0.3 is 4.11 Å². The standard InChI is InChI=1S/C7H17FSi/c1-3-5-7-9(8)6-4-2/h9H,3-7H2,1-2H3. The Balaban J connectivity index is 2.95. The summed E-state index contributed by atoms with van der Waals surface area (Å²) in [5.41, 5.74) is 0. The first-order valence-corrected chi connectivity index (χ1v) is 6.02. The van der Waals surface area contributed by atoms with Gasteiger partial charge in [0.05, 0.1) is 0 Å². The molecule has 0 nitrogen and oxygen atoms in total. The average Bonchev–Trinajstić information content (AvgIpc) is 1.85. The van der Waals surface area contributed by atoms with Gasteiger partial charge in [0.1, 0.15) is 0 Å². The molecule has 0 saturated heterocycles. The second-order valence-corrected chi connectivity index (χ2v) is 4.88. The van der Waals surface area contributed by atoms with Gasteiger partial charge in [0, 0.05) is 0 Å². The normalized spacial score (nSPS) is 13.7. The first kappa shape index (κ1) is 9.15. The van der Waals surface area contributed by atoms with Gasteiger partial charge in [-0.05, 0) is 12.1 Å². The Bertz CT molecular complexity index is 56.9. The summed E-state index contributed by atoms with van der Waals surface area (Å²) in [6.45, 7) is 4.18. The lowest BCUT2D eigenvalue weighted by Crippen LogP contribution is -2.02. The molecular formula is C7H17FSi. The molecule has 0 N–H and O–H groups in total. The van der Waals surface area contributed by atoms with Crippen molar-refractivity contribution >= 4 is 9.13 Å². The summed E-state index contributed by atoms with van der Waals surface area (Å²) in [4.78, 5) is 0. The number of hydrogen-bond donors (Lipinski definition) is 0. The molecule has 0 rings (SSSR count). The van der Waals surface area contributed by atoms with Crippen LogP contribution >= 0.6 is 0 Å². The minimum absolute atomic E-state index is 0.889. The summed E-state index contributed by atoms with van der Waals surface area (Å²) in [6, 6.07) is 1.80. The lowest BCUT2D eigenvalue weighted by atomic mass is 10.4. The van der Waals surface area contributed by atoms with Gasteiger partial charge in [-0.2, -0.15) is 0 Å². The molecule has 2 heteroatoms. The smallest absolute Gasteiger partial charge is 0.231 e. The largest absolute Gasteiger partial charge is 0.318 e. The molecule has 9 heavy (non-hydrogen) atoms. The van der Waals surface area contributed by atoms with E-state index >= 15 is 0 Å². The van der Waals surface area contributed by atoms with Crippen molar-refractivity contribution in [2.45, 2.75) is 45.2 Å². The number of rotatable bonds is 5. The van der Waals surface area contributed by atoms with Crippen molar-refractivity contribution in [1.29, 1.82) is 0 Å². The molecule has 0 aromatic rings. The molecule has 0 aromatic carbocycles. The van der Waals surface area contributed by atoms with Gasteiger partial charge in [-0.25, -0.2) is 0 Å². The van der Waals surface area contributed by atoms with Gasteiger partial charge in [-0.15, -0.1) is 0 Å². The molecule has 0 aromatic heterocycles. The molecule has 0 heterocycles. The van der Waals surface area contributed by atoms with Crippen molar-refractivity contribution in [3.05, 3.63) is 0 Å². The fourth-order valence-electron chi connectivity index (χ4n) is 0.883.